The van der Waals surface area contributed by atoms with Gasteiger partial charge in [-0.05, 0) is 59.7 Å². The number of hydrogen-bond acceptors (Lipinski definition) is 3. The Labute approximate surface area is 198 Å². The van der Waals surface area contributed by atoms with Gasteiger partial charge in [0.2, 0.25) is 5.91 Å². The van der Waals surface area contributed by atoms with Crippen molar-refractivity contribution in [2.75, 3.05) is 11.9 Å². The molecule has 0 aliphatic heterocycles. The highest BCUT2D eigenvalue weighted by atomic mass is 19.1. The van der Waals surface area contributed by atoms with Gasteiger partial charge in [-0.1, -0.05) is 42.5 Å². The normalized spacial score (nSPS) is 10.6. The second kappa shape index (κ2) is 10.6. The molecule has 4 aromatic rings. The number of rotatable bonds is 8. The molecule has 6 heteroatoms. The van der Waals surface area contributed by atoms with Crippen LogP contribution in [0.4, 0.5) is 10.1 Å². The average Bonchev–Trinajstić information content (AvgIpc) is 3.37. The first-order valence-corrected chi connectivity index (χ1v) is 11.0. The monoisotopic (exact) mass is 456 g/mol. The number of amides is 2. The van der Waals surface area contributed by atoms with Crippen molar-refractivity contribution in [2.24, 2.45) is 0 Å². The molecule has 0 N–H and O–H groups in total. The van der Waals surface area contributed by atoms with Crippen LogP contribution in [0.15, 0.2) is 102 Å². The number of nitrogens with zero attached hydrogens (tertiary/aromatic N) is 2. The SMILES string of the molecule is CN(Cc1ccco1)C(=O)Cc1cccc(N(Cc2ccc(F)cc2)C(=O)c2ccccc2)c1. The van der Waals surface area contributed by atoms with Crippen LogP contribution in [0, 0.1) is 5.82 Å². The minimum absolute atomic E-state index is 0.0620. The van der Waals surface area contributed by atoms with Crippen molar-refractivity contribution in [3.8, 4) is 0 Å². The maximum absolute atomic E-state index is 13.4. The van der Waals surface area contributed by atoms with E-state index in [0.717, 1.165) is 11.1 Å². The quantitative estimate of drug-likeness (QED) is 0.353. The molecule has 0 fully saturated rings. The van der Waals surface area contributed by atoms with Gasteiger partial charge in [0, 0.05) is 18.3 Å². The molecule has 0 spiro atoms. The lowest BCUT2D eigenvalue weighted by Crippen LogP contribution is -2.31. The first-order chi connectivity index (χ1) is 16.5. The van der Waals surface area contributed by atoms with Crippen molar-refractivity contribution >= 4 is 17.5 Å². The number of halogens is 1. The summed E-state index contributed by atoms with van der Waals surface area (Å²) >= 11 is 0. The van der Waals surface area contributed by atoms with E-state index in [9.17, 15) is 14.0 Å². The van der Waals surface area contributed by atoms with Gasteiger partial charge in [-0.3, -0.25) is 9.59 Å². The Hall–Kier alpha value is -4.19. The fourth-order valence-electron chi connectivity index (χ4n) is 3.66. The third kappa shape index (κ3) is 5.78. The van der Waals surface area contributed by atoms with Crippen LogP contribution >= 0.6 is 0 Å². The molecule has 0 aliphatic rings. The number of anilines is 1. The van der Waals surface area contributed by atoms with Crippen molar-refractivity contribution < 1.29 is 18.4 Å². The number of carbonyl (C=O) groups excluding carboxylic acids is 2. The van der Waals surface area contributed by atoms with Gasteiger partial charge >= 0.3 is 0 Å². The molecule has 2 amide bonds. The Bertz CT molecular complexity index is 1240. The Morgan fingerprint density at radius 1 is 0.824 bits per heavy atom. The zero-order valence-corrected chi connectivity index (χ0v) is 18.9. The molecular weight excluding hydrogens is 431 g/mol. The minimum Gasteiger partial charge on any atom is -0.467 e. The second-order valence-electron chi connectivity index (χ2n) is 8.06. The van der Waals surface area contributed by atoms with Crippen molar-refractivity contribution in [3.63, 3.8) is 0 Å². The average molecular weight is 457 g/mol. The lowest BCUT2D eigenvalue weighted by atomic mass is 10.1. The lowest BCUT2D eigenvalue weighted by molar-refractivity contribution is -0.129. The number of carbonyl (C=O) groups is 2. The molecule has 3 aromatic carbocycles. The third-order valence-electron chi connectivity index (χ3n) is 5.50. The topological polar surface area (TPSA) is 53.8 Å². The third-order valence-corrected chi connectivity index (χ3v) is 5.50. The summed E-state index contributed by atoms with van der Waals surface area (Å²) in [6, 6.07) is 26.1. The molecule has 0 atom stereocenters. The number of hydrogen-bond donors (Lipinski definition) is 0. The summed E-state index contributed by atoms with van der Waals surface area (Å²) in [4.78, 5) is 29.4. The fraction of sp³-hybridized carbons (Fsp3) is 0.143. The summed E-state index contributed by atoms with van der Waals surface area (Å²) < 4.78 is 18.7. The molecule has 0 saturated heterocycles. The molecular formula is C28H25FN2O3. The first-order valence-electron chi connectivity index (χ1n) is 11.0. The Morgan fingerprint density at radius 2 is 1.59 bits per heavy atom. The van der Waals surface area contributed by atoms with Crippen LogP contribution in [0.5, 0.6) is 0 Å². The van der Waals surface area contributed by atoms with E-state index >= 15 is 0 Å². The molecule has 1 aromatic heterocycles. The van der Waals surface area contributed by atoms with E-state index in [1.165, 1.54) is 12.1 Å². The fourth-order valence-corrected chi connectivity index (χ4v) is 3.66. The largest absolute Gasteiger partial charge is 0.467 e. The van der Waals surface area contributed by atoms with Crippen molar-refractivity contribution in [1.82, 2.24) is 4.90 Å². The smallest absolute Gasteiger partial charge is 0.258 e. The minimum atomic E-state index is -0.330. The van der Waals surface area contributed by atoms with E-state index in [0.29, 0.717) is 23.6 Å². The van der Waals surface area contributed by atoms with Crippen LogP contribution in [0.25, 0.3) is 0 Å². The van der Waals surface area contributed by atoms with Gasteiger partial charge in [0.1, 0.15) is 11.6 Å². The van der Waals surface area contributed by atoms with Gasteiger partial charge in [-0.2, -0.15) is 0 Å². The zero-order valence-electron chi connectivity index (χ0n) is 18.9. The summed E-state index contributed by atoms with van der Waals surface area (Å²) in [5.41, 5.74) is 2.80. The molecule has 34 heavy (non-hydrogen) atoms. The molecule has 5 nitrogen and oxygen atoms in total. The van der Waals surface area contributed by atoms with E-state index in [1.807, 2.05) is 48.5 Å². The lowest BCUT2D eigenvalue weighted by Gasteiger charge is -2.24. The van der Waals surface area contributed by atoms with Gasteiger partial charge in [-0.25, -0.2) is 4.39 Å². The van der Waals surface area contributed by atoms with Crippen molar-refractivity contribution in [2.45, 2.75) is 19.5 Å². The van der Waals surface area contributed by atoms with Gasteiger partial charge in [-0.15, -0.1) is 0 Å². The standard InChI is InChI=1S/C28H25FN2O3/c1-30(20-26-11-6-16-34-26)27(32)18-22-7-5-10-25(17-22)31(19-21-12-14-24(29)15-13-21)28(33)23-8-3-2-4-9-23/h2-17H,18-20H2,1H3. The van der Waals surface area contributed by atoms with Crippen molar-refractivity contribution in [3.05, 3.63) is 126 Å². The second-order valence-corrected chi connectivity index (χ2v) is 8.06. The summed E-state index contributed by atoms with van der Waals surface area (Å²) in [7, 11) is 1.73. The van der Waals surface area contributed by atoms with Crippen LogP contribution in [0.2, 0.25) is 0 Å². The van der Waals surface area contributed by atoms with Gasteiger partial charge < -0.3 is 14.2 Å². The highest BCUT2D eigenvalue weighted by Gasteiger charge is 2.19. The maximum Gasteiger partial charge on any atom is 0.258 e. The summed E-state index contributed by atoms with van der Waals surface area (Å²) in [6.07, 6.45) is 1.77. The van der Waals surface area contributed by atoms with Crippen LogP contribution in [0.1, 0.15) is 27.2 Å². The molecule has 0 unspecified atom stereocenters. The number of furan rings is 1. The molecule has 1 heterocycles. The molecule has 172 valence electrons. The van der Waals surface area contributed by atoms with E-state index in [-0.39, 0.29) is 30.6 Å². The first kappa shape index (κ1) is 23.0. The molecule has 0 radical (unpaired) electrons. The van der Waals surface area contributed by atoms with Crippen LogP contribution in [0.3, 0.4) is 0 Å². The number of benzene rings is 3. The zero-order chi connectivity index (χ0) is 23.9. The Kier molecular flexibility index (Phi) is 7.18. The Balaban J connectivity index is 1.57. The molecule has 0 bridgehead atoms. The van der Waals surface area contributed by atoms with Gasteiger partial charge in [0.15, 0.2) is 0 Å². The Morgan fingerprint density at radius 3 is 2.29 bits per heavy atom. The van der Waals surface area contributed by atoms with Crippen LogP contribution in [-0.4, -0.2) is 23.8 Å². The van der Waals surface area contributed by atoms with Gasteiger partial charge in [0.25, 0.3) is 5.91 Å². The summed E-state index contributed by atoms with van der Waals surface area (Å²) in [5, 5.41) is 0. The van der Waals surface area contributed by atoms with Gasteiger partial charge in [0.05, 0.1) is 25.8 Å². The highest BCUT2D eigenvalue weighted by Crippen LogP contribution is 2.23. The summed E-state index contributed by atoms with van der Waals surface area (Å²) in [5.74, 6) is 0.142. The summed E-state index contributed by atoms with van der Waals surface area (Å²) in [6.45, 7) is 0.651. The predicted octanol–water partition coefficient (Wildman–Crippen LogP) is 5.47. The molecule has 0 aliphatic carbocycles. The maximum atomic E-state index is 13.4. The van der Waals surface area contributed by atoms with E-state index in [1.54, 1.807) is 53.4 Å². The molecule has 0 saturated carbocycles. The number of likely N-dealkylation sites (N-methyl/N-ethyl adjacent to an activating group) is 1. The van der Waals surface area contributed by atoms with Crippen molar-refractivity contribution in [1.29, 1.82) is 0 Å². The van der Waals surface area contributed by atoms with E-state index in [2.05, 4.69) is 0 Å². The molecule has 4 rings (SSSR count). The van der Waals surface area contributed by atoms with Crippen LogP contribution in [-0.2, 0) is 24.3 Å². The van der Waals surface area contributed by atoms with Crippen LogP contribution < -0.4 is 4.90 Å². The predicted molar refractivity (Wildman–Crippen MR) is 129 cm³/mol. The highest BCUT2D eigenvalue weighted by molar-refractivity contribution is 6.06. The van der Waals surface area contributed by atoms with E-state index < -0.39 is 0 Å². The van der Waals surface area contributed by atoms with E-state index in [4.69, 9.17) is 4.42 Å².